The molecule has 1 aromatic heterocycles. The van der Waals surface area contributed by atoms with Gasteiger partial charge in [0, 0.05) is 17.0 Å². The number of ether oxygens (including phenoxy) is 1. The van der Waals surface area contributed by atoms with E-state index in [-0.39, 0.29) is 0 Å². The zero-order chi connectivity index (χ0) is 13.1. The lowest BCUT2D eigenvalue weighted by Gasteiger charge is -2.12. The van der Waals surface area contributed by atoms with Gasteiger partial charge in [-0.2, -0.15) is 0 Å². The van der Waals surface area contributed by atoms with Crippen molar-refractivity contribution in [3.63, 3.8) is 0 Å². The summed E-state index contributed by atoms with van der Waals surface area (Å²) in [6.07, 6.45) is 1.37. The Hall–Kier alpha value is -1.45. The zero-order valence-electron chi connectivity index (χ0n) is 10.3. The van der Waals surface area contributed by atoms with Crippen LogP contribution in [0.3, 0.4) is 0 Å². The van der Waals surface area contributed by atoms with Gasteiger partial charge >= 0.3 is 0 Å². The zero-order valence-corrected chi connectivity index (χ0v) is 11.1. The van der Waals surface area contributed by atoms with Crippen molar-refractivity contribution >= 4 is 11.6 Å². The molecule has 3 nitrogen and oxygen atoms in total. The molecule has 1 heterocycles. The van der Waals surface area contributed by atoms with E-state index in [2.05, 4.69) is 0 Å². The monoisotopic (exact) mass is 266 g/mol. The van der Waals surface area contributed by atoms with Gasteiger partial charge in [0.2, 0.25) is 0 Å². The SMILES string of the molecule is COc1ccc(Cl)cc1CC(O)c1coc(C)c1. The molecule has 18 heavy (non-hydrogen) atoms. The average Bonchev–Trinajstić information content (AvgIpc) is 2.76. The van der Waals surface area contributed by atoms with Gasteiger partial charge in [-0.1, -0.05) is 11.6 Å². The number of halogens is 1. The third kappa shape index (κ3) is 2.86. The summed E-state index contributed by atoms with van der Waals surface area (Å²) in [5.74, 6) is 1.50. The first kappa shape index (κ1) is 13.0. The van der Waals surface area contributed by atoms with E-state index < -0.39 is 6.10 Å². The van der Waals surface area contributed by atoms with E-state index in [1.807, 2.05) is 13.0 Å². The molecule has 0 spiro atoms. The Bertz CT molecular complexity index is 534. The van der Waals surface area contributed by atoms with E-state index in [4.69, 9.17) is 20.8 Å². The minimum Gasteiger partial charge on any atom is -0.496 e. The highest BCUT2D eigenvalue weighted by atomic mass is 35.5. The lowest BCUT2D eigenvalue weighted by Crippen LogP contribution is -2.02. The maximum Gasteiger partial charge on any atom is 0.122 e. The fraction of sp³-hybridized carbons (Fsp3) is 0.286. The van der Waals surface area contributed by atoms with Crippen LogP contribution < -0.4 is 4.74 Å². The summed E-state index contributed by atoms with van der Waals surface area (Å²) in [4.78, 5) is 0. The summed E-state index contributed by atoms with van der Waals surface area (Å²) >= 11 is 5.95. The highest BCUT2D eigenvalue weighted by molar-refractivity contribution is 6.30. The number of furan rings is 1. The molecule has 2 aromatic rings. The first-order chi connectivity index (χ1) is 8.60. The summed E-state index contributed by atoms with van der Waals surface area (Å²) in [6.45, 7) is 1.84. The van der Waals surface area contributed by atoms with Crippen LogP contribution in [0.1, 0.15) is 23.0 Å². The Balaban J connectivity index is 2.20. The Morgan fingerprint density at radius 3 is 2.78 bits per heavy atom. The molecule has 0 aliphatic carbocycles. The van der Waals surface area contributed by atoms with Gasteiger partial charge in [0.25, 0.3) is 0 Å². The molecule has 96 valence electrons. The molecule has 2 rings (SSSR count). The molecule has 4 heteroatoms. The van der Waals surface area contributed by atoms with Gasteiger partial charge in [0.15, 0.2) is 0 Å². The molecule has 0 bridgehead atoms. The molecule has 0 radical (unpaired) electrons. The molecular weight excluding hydrogens is 252 g/mol. The summed E-state index contributed by atoms with van der Waals surface area (Å²) in [6, 6.07) is 7.18. The van der Waals surface area contributed by atoms with Gasteiger partial charge in [-0.05, 0) is 36.8 Å². The third-order valence-corrected chi connectivity index (χ3v) is 3.03. The summed E-state index contributed by atoms with van der Waals surface area (Å²) in [7, 11) is 1.60. The molecule has 1 N–H and O–H groups in total. The molecule has 0 fully saturated rings. The highest BCUT2D eigenvalue weighted by Gasteiger charge is 2.14. The van der Waals surface area contributed by atoms with Gasteiger partial charge in [-0.25, -0.2) is 0 Å². The molecule has 0 saturated carbocycles. The predicted octanol–water partition coefficient (Wildman–Crippen LogP) is 3.53. The van der Waals surface area contributed by atoms with Gasteiger partial charge in [-0.15, -0.1) is 0 Å². The average molecular weight is 267 g/mol. The van der Waals surface area contributed by atoms with Gasteiger partial charge < -0.3 is 14.3 Å². The molecule has 0 aliphatic rings. The third-order valence-electron chi connectivity index (χ3n) is 2.79. The van der Waals surface area contributed by atoms with Crippen molar-refractivity contribution in [3.05, 3.63) is 52.4 Å². The Morgan fingerprint density at radius 2 is 2.17 bits per heavy atom. The predicted molar refractivity (Wildman–Crippen MR) is 70.1 cm³/mol. The molecular formula is C14H15ClO3. The van der Waals surface area contributed by atoms with Crippen molar-refractivity contribution in [3.8, 4) is 5.75 Å². The molecule has 0 saturated heterocycles. The van der Waals surface area contributed by atoms with Crippen LogP contribution >= 0.6 is 11.6 Å². The number of rotatable bonds is 4. The van der Waals surface area contributed by atoms with Crippen LogP contribution in [-0.4, -0.2) is 12.2 Å². The number of aryl methyl sites for hydroxylation is 1. The number of hydrogen-bond donors (Lipinski definition) is 1. The van der Waals surface area contributed by atoms with E-state index in [1.165, 1.54) is 0 Å². The first-order valence-corrected chi connectivity index (χ1v) is 6.03. The van der Waals surface area contributed by atoms with Gasteiger partial charge in [0.1, 0.15) is 11.5 Å². The standard InChI is InChI=1S/C14H15ClO3/c1-9-5-11(8-18-9)13(16)7-10-6-12(15)3-4-14(10)17-2/h3-6,8,13,16H,7H2,1-2H3. The topological polar surface area (TPSA) is 42.6 Å². The first-order valence-electron chi connectivity index (χ1n) is 5.65. The minimum absolute atomic E-state index is 0.433. The maximum atomic E-state index is 10.1. The number of benzene rings is 1. The van der Waals surface area contributed by atoms with E-state index >= 15 is 0 Å². The number of methoxy groups -OCH3 is 1. The molecule has 0 aliphatic heterocycles. The Morgan fingerprint density at radius 1 is 1.39 bits per heavy atom. The lowest BCUT2D eigenvalue weighted by atomic mass is 10.0. The second-order valence-corrected chi connectivity index (χ2v) is 4.60. The van der Waals surface area contributed by atoms with E-state index in [1.54, 1.807) is 31.6 Å². The Kier molecular flexibility index (Phi) is 3.94. The van der Waals surface area contributed by atoms with E-state index in [0.717, 1.165) is 22.6 Å². The van der Waals surface area contributed by atoms with Gasteiger partial charge in [0.05, 0.1) is 19.5 Å². The van der Waals surface area contributed by atoms with Crippen LogP contribution in [0.4, 0.5) is 0 Å². The fourth-order valence-electron chi connectivity index (χ4n) is 1.87. The molecule has 0 amide bonds. The lowest BCUT2D eigenvalue weighted by molar-refractivity contribution is 0.176. The van der Waals surface area contributed by atoms with Crippen molar-refractivity contribution in [2.24, 2.45) is 0 Å². The van der Waals surface area contributed by atoms with Crippen LogP contribution in [0.15, 0.2) is 34.9 Å². The quantitative estimate of drug-likeness (QED) is 0.921. The van der Waals surface area contributed by atoms with E-state index in [0.29, 0.717) is 11.4 Å². The fourth-order valence-corrected chi connectivity index (χ4v) is 2.07. The smallest absolute Gasteiger partial charge is 0.122 e. The summed E-state index contributed by atoms with van der Waals surface area (Å²) in [5, 5.41) is 10.8. The summed E-state index contributed by atoms with van der Waals surface area (Å²) in [5.41, 5.74) is 1.63. The van der Waals surface area contributed by atoms with Gasteiger partial charge in [-0.3, -0.25) is 0 Å². The Labute approximate surface area is 111 Å². The second-order valence-electron chi connectivity index (χ2n) is 4.17. The number of aliphatic hydroxyl groups excluding tert-OH is 1. The van der Waals surface area contributed by atoms with Crippen molar-refractivity contribution in [1.29, 1.82) is 0 Å². The van der Waals surface area contributed by atoms with Crippen LogP contribution in [-0.2, 0) is 6.42 Å². The molecule has 1 unspecified atom stereocenters. The second kappa shape index (κ2) is 5.46. The van der Waals surface area contributed by atoms with Crippen LogP contribution in [0.2, 0.25) is 5.02 Å². The number of aliphatic hydroxyl groups is 1. The van der Waals surface area contributed by atoms with Crippen molar-refractivity contribution in [1.82, 2.24) is 0 Å². The molecule has 1 atom stereocenters. The maximum absolute atomic E-state index is 10.1. The minimum atomic E-state index is -0.630. The number of hydrogen-bond acceptors (Lipinski definition) is 3. The van der Waals surface area contributed by atoms with Crippen LogP contribution in [0, 0.1) is 6.92 Å². The summed E-state index contributed by atoms with van der Waals surface area (Å²) < 4.78 is 10.4. The highest BCUT2D eigenvalue weighted by Crippen LogP contribution is 2.28. The van der Waals surface area contributed by atoms with Crippen molar-refractivity contribution in [2.45, 2.75) is 19.4 Å². The van der Waals surface area contributed by atoms with E-state index in [9.17, 15) is 5.11 Å². The van der Waals surface area contributed by atoms with Crippen LogP contribution in [0.25, 0.3) is 0 Å². The normalized spacial score (nSPS) is 12.4. The van der Waals surface area contributed by atoms with Crippen molar-refractivity contribution in [2.75, 3.05) is 7.11 Å². The largest absolute Gasteiger partial charge is 0.496 e. The van der Waals surface area contributed by atoms with Crippen LogP contribution in [0.5, 0.6) is 5.75 Å². The molecule has 1 aromatic carbocycles. The van der Waals surface area contributed by atoms with Crippen molar-refractivity contribution < 1.29 is 14.3 Å².